The van der Waals surface area contributed by atoms with E-state index in [1.54, 1.807) is 29.2 Å². The number of carbonyl (C=O) groups excluding carboxylic acids is 1. The molecule has 172 valence electrons. The number of non-ortho nitro benzene ring substituents is 1. The fourth-order valence-electron chi connectivity index (χ4n) is 3.23. The minimum Gasteiger partial charge on any atom is -0.378 e. The molecule has 1 aliphatic heterocycles. The Kier molecular flexibility index (Phi) is 6.62. The largest absolute Gasteiger partial charge is 0.378 e. The maximum Gasteiger partial charge on any atom is 0.270 e. The summed E-state index contributed by atoms with van der Waals surface area (Å²) in [5.41, 5.74) is 1.18. The second-order valence-electron chi connectivity index (χ2n) is 7.12. The fourth-order valence-corrected chi connectivity index (χ4v) is 5.04. The van der Waals surface area contributed by atoms with Crippen molar-refractivity contribution >= 4 is 38.3 Å². The number of amides is 1. The summed E-state index contributed by atoms with van der Waals surface area (Å²) in [6.45, 7) is 1.99. The van der Waals surface area contributed by atoms with Gasteiger partial charge in [0.15, 0.2) is 5.82 Å². The second-order valence-corrected chi connectivity index (χ2v) is 9.56. The van der Waals surface area contributed by atoms with Crippen LogP contribution >= 0.6 is 11.5 Å². The third-order valence-electron chi connectivity index (χ3n) is 4.92. The van der Waals surface area contributed by atoms with E-state index in [2.05, 4.69) is 14.1 Å². The van der Waals surface area contributed by atoms with Gasteiger partial charge in [-0.2, -0.15) is 4.37 Å². The first-order valence-corrected chi connectivity index (χ1v) is 12.1. The van der Waals surface area contributed by atoms with Crippen LogP contribution in [0.5, 0.6) is 0 Å². The van der Waals surface area contributed by atoms with Crippen molar-refractivity contribution in [2.75, 3.05) is 31.0 Å². The number of rotatable bonds is 7. The number of nitrogens with one attached hydrogen (secondary N) is 1. The molecule has 0 atom stereocenters. The highest BCUT2D eigenvalue weighted by Gasteiger charge is 2.21. The third-order valence-corrected chi connectivity index (χ3v) is 7.07. The van der Waals surface area contributed by atoms with Gasteiger partial charge >= 0.3 is 0 Å². The van der Waals surface area contributed by atoms with Crippen LogP contribution in [0.2, 0.25) is 0 Å². The minimum atomic E-state index is -3.93. The van der Waals surface area contributed by atoms with Crippen LogP contribution in [0.3, 0.4) is 0 Å². The van der Waals surface area contributed by atoms with E-state index < -0.39 is 14.9 Å². The Morgan fingerprint density at radius 3 is 2.58 bits per heavy atom. The zero-order valence-corrected chi connectivity index (χ0v) is 18.8. The lowest BCUT2D eigenvalue weighted by Crippen LogP contribution is -2.41. The van der Waals surface area contributed by atoms with Gasteiger partial charge in [0.25, 0.3) is 15.7 Å². The first kappa shape index (κ1) is 22.8. The Balaban J connectivity index is 1.43. The molecule has 11 nitrogen and oxygen atoms in total. The molecule has 0 spiro atoms. The number of carbonyl (C=O) groups is 1. The van der Waals surface area contributed by atoms with Crippen molar-refractivity contribution in [1.82, 2.24) is 14.3 Å². The maximum absolute atomic E-state index is 12.7. The molecule has 1 saturated heterocycles. The van der Waals surface area contributed by atoms with Crippen LogP contribution in [-0.2, 0) is 26.0 Å². The predicted octanol–water partition coefficient (Wildman–Crippen LogP) is 2.32. The molecule has 1 fully saturated rings. The molecule has 4 rings (SSSR count). The zero-order chi connectivity index (χ0) is 23.4. The number of nitrogens with zero attached hydrogens (tertiary/aromatic N) is 4. The highest BCUT2D eigenvalue weighted by Crippen LogP contribution is 2.26. The van der Waals surface area contributed by atoms with Crippen LogP contribution in [0.1, 0.15) is 5.82 Å². The quantitative estimate of drug-likeness (QED) is 0.393. The van der Waals surface area contributed by atoms with Crippen molar-refractivity contribution in [3.05, 3.63) is 64.5 Å². The van der Waals surface area contributed by atoms with Crippen molar-refractivity contribution in [3.8, 4) is 11.1 Å². The normalized spacial score (nSPS) is 14.1. The smallest absolute Gasteiger partial charge is 0.270 e. The van der Waals surface area contributed by atoms with Gasteiger partial charge in [-0.05, 0) is 23.3 Å². The molecule has 0 saturated carbocycles. The summed E-state index contributed by atoms with van der Waals surface area (Å²) in [6, 6.07) is 12.0. The number of morpholine rings is 1. The molecule has 1 aromatic heterocycles. The van der Waals surface area contributed by atoms with Crippen LogP contribution in [0.25, 0.3) is 11.1 Å². The molecule has 2 aromatic carbocycles. The highest BCUT2D eigenvalue weighted by molar-refractivity contribution is 7.93. The van der Waals surface area contributed by atoms with Crippen LogP contribution in [-0.4, -0.2) is 59.8 Å². The number of nitro groups is 1. The van der Waals surface area contributed by atoms with Gasteiger partial charge < -0.3 is 9.64 Å². The van der Waals surface area contributed by atoms with Gasteiger partial charge in [-0.15, -0.1) is 0 Å². The Labute approximate surface area is 193 Å². The summed E-state index contributed by atoms with van der Waals surface area (Å²) < 4.78 is 37.1. The number of nitro benzene ring substituents is 1. The number of anilines is 1. The van der Waals surface area contributed by atoms with Gasteiger partial charge in [0.1, 0.15) is 0 Å². The number of hydrogen-bond acceptors (Lipinski definition) is 9. The average Bonchev–Trinajstić information content (AvgIpc) is 3.25. The Bertz CT molecular complexity index is 1270. The molecule has 3 aromatic rings. The lowest BCUT2D eigenvalue weighted by molar-refractivity contribution is -0.384. The van der Waals surface area contributed by atoms with E-state index in [9.17, 15) is 23.3 Å². The molecule has 0 aliphatic carbocycles. The topological polar surface area (TPSA) is 145 Å². The second kappa shape index (κ2) is 9.60. The number of benzene rings is 2. The molecule has 0 bridgehead atoms. The molecule has 2 heterocycles. The van der Waals surface area contributed by atoms with E-state index in [1.807, 2.05) is 0 Å². The lowest BCUT2D eigenvalue weighted by Gasteiger charge is -2.26. The van der Waals surface area contributed by atoms with Crippen molar-refractivity contribution in [1.29, 1.82) is 0 Å². The fraction of sp³-hybridized carbons (Fsp3) is 0.250. The lowest BCUT2D eigenvalue weighted by atomic mass is 10.1. The summed E-state index contributed by atoms with van der Waals surface area (Å²) in [5, 5.41) is 11.0. The molecule has 33 heavy (non-hydrogen) atoms. The minimum absolute atomic E-state index is 0.00201. The maximum atomic E-state index is 12.7. The molecule has 1 amide bonds. The van der Waals surface area contributed by atoms with Gasteiger partial charge in [0, 0.05) is 36.8 Å². The molecule has 0 radical (unpaired) electrons. The average molecular weight is 490 g/mol. The van der Waals surface area contributed by atoms with Crippen molar-refractivity contribution in [3.63, 3.8) is 0 Å². The third kappa shape index (κ3) is 5.50. The summed E-state index contributed by atoms with van der Waals surface area (Å²) in [4.78, 5) is 28.6. The van der Waals surface area contributed by atoms with E-state index in [0.717, 1.165) is 11.5 Å². The molecule has 1 N–H and O–H groups in total. The van der Waals surface area contributed by atoms with E-state index in [-0.39, 0.29) is 33.9 Å². The van der Waals surface area contributed by atoms with Crippen LogP contribution in [0.15, 0.2) is 53.4 Å². The molecule has 0 unspecified atom stereocenters. The van der Waals surface area contributed by atoms with E-state index in [4.69, 9.17) is 4.74 Å². The van der Waals surface area contributed by atoms with Crippen molar-refractivity contribution in [2.24, 2.45) is 0 Å². The Hall–Kier alpha value is -3.42. The summed E-state index contributed by atoms with van der Waals surface area (Å²) in [7, 11) is -3.93. The molecule has 1 aliphatic rings. The summed E-state index contributed by atoms with van der Waals surface area (Å²) >= 11 is 0.853. The van der Waals surface area contributed by atoms with Gasteiger partial charge in [-0.3, -0.25) is 19.6 Å². The van der Waals surface area contributed by atoms with Crippen molar-refractivity contribution < 1.29 is 22.9 Å². The van der Waals surface area contributed by atoms with Gasteiger partial charge in [-0.1, -0.05) is 24.3 Å². The van der Waals surface area contributed by atoms with Crippen LogP contribution in [0.4, 0.5) is 10.8 Å². The number of ether oxygens (including phenoxy) is 1. The molecular weight excluding hydrogens is 470 g/mol. The van der Waals surface area contributed by atoms with Crippen LogP contribution < -0.4 is 4.72 Å². The zero-order valence-electron chi connectivity index (χ0n) is 17.2. The first-order valence-electron chi connectivity index (χ1n) is 9.88. The van der Waals surface area contributed by atoms with Crippen molar-refractivity contribution in [2.45, 2.75) is 11.3 Å². The molecule has 13 heteroatoms. The van der Waals surface area contributed by atoms with E-state index in [1.165, 1.54) is 24.3 Å². The monoisotopic (exact) mass is 489 g/mol. The Morgan fingerprint density at radius 1 is 1.15 bits per heavy atom. The highest BCUT2D eigenvalue weighted by atomic mass is 32.2. The van der Waals surface area contributed by atoms with E-state index >= 15 is 0 Å². The van der Waals surface area contributed by atoms with Gasteiger partial charge in [-0.25, -0.2) is 13.4 Å². The standard InChI is InChI=1S/C20H19N5O6S2/c26-19(24-8-10-31-11-9-24)13-18-21-20(32-22-18)23-33(29,30)17-6-4-14(5-7-17)15-2-1-3-16(12-15)25(27)28/h1-7,12H,8-11,13H2,(H,21,22,23). The predicted molar refractivity (Wildman–Crippen MR) is 120 cm³/mol. The first-order chi connectivity index (χ1) is 15.8. The summed E-state index contributed by atoms with van der Waals surface area (Å²) in [5.74, 6) is 0.109. The van der Waals surface area contributed by atoms with Crippen LogP contribution in [0, 0.1) is 10.1 Å². The number of sulfonamides is 1. The van der Waals surface area contributed by atoms with Gasteiger partial charge in [0.05, 0.1) is 29.5 Å². The Morgan fingerprint density at radius 2 is 1.88 bits per heavy atom. The van der Waals surface area contributed by atoms with Gasteiger partial charge in [0.2, 0.25) is 11.0 Å². The molecular formula is C20H19N5O6S2. The SMILES string of the molecule is O=C(Cc1nsc(NS(=O)(=O)c2ccc(-c3cccc([N+](=O)[O-])c3)cc2)n1)N1CCOCC1. The number of hydrogen-bond donors (Lipinski definition) is 1. The number of aromatic nitrogens is 2. The van der Waals surface area contributed by atoms with E-state index in [0.29, 0.717) is 37.4 Å². The summed E-state index contributed by atoms with van der Waals surface area (Å²) in [6.07, 6.45) is -0.0177.